The number of alkyl halides is 3. The fourth-order valence-electron chi connectivity index (χ4n) is 0.435. The smallest absolute Gasteiger partial charge is 0.285 e. The summed E-state index contributed by atoms with van der Waals surface area (Å²) in [5, 5.41) is 0. The SMILES string of the molecule is O=C(N(Cl)CCS(=O)(=O)O)C(F)(F)F. The van der Waals surface area contributed by atoms with Gasteiger partial charge in [-0.1, -0.05) is 0 Å². The summed E-state index contributed by atoms with van der Waals surface area (Å²) < 4.78 is 62.9. The highest BCUT2D eigenvalue weighted by Gasteiger charge is 2.42. The van der Waals surface area contributed by atoms with E-state index in [2.05, 4.69) is 0 Å². The fraction of sp³-hybridized carbons (Fsp3) is 0.750. The van der Waals surface area contributed by atoms with E-state index < -0.39 is 34.5 Å². The first-order valence-corrected chi connectivity index (χ1v) is 4.98. The summed E-state index contributed by atoms with van der Waals surface area (Å²) in [6, 6.07) is 0. The summed E-state index contributed by atoms with van der Waals surface area (Å²) >= 11 is 4.81. The quantitative estimate of drug-likeness (QED) is 0.586. The maximum absolute atomic E-state index is 11.6. The van der Waals surface area contributed by atoms with E-state index in [1.54, 1.807) is 0 Å². The molecule has 0 heterocycles. The molecule has 14 heavy (non-hydrogen) atoms. The Kier molecular flexibility index (Phi) is 4.15. The molecule has 0 saturated carbocycles. The van der Waals surface area contributed by atoms with Crippen LogP contribution in [0.2, 0.25) is 0 Å². The van der Waals surface area contributed by atoms with Gasteiger partial charge in [-0.3, -0.25) is 9.35 Å². The van der Waals surface area contributed by atoms with Gasteiger partial charge in [0.1, 0.15) is 0 Å². The maximum atomic E-state index is 11.6. The summed E-state index contributed by atoms with van der Waals surface area (Å²) in [7, 11) is -4.44. The maximum Gasteiger partial charge on any atom is 0.472 e. The van der Waals surface area contributed by atoms with Crippen molar-refractivity contribution < 1.29 is 30.9 Å². The lowest BCUT2D eigenvalue weighted by Crippen LogP contribution is -2.37. The molecule has 1 amide bonds. The first-order valence-electron chi connectivity index (χ1n) is 3.03. The zero-order chi connectivity index (χ0) is 11.6. The van der Waals surface area contributed by atoms with Crippen LogP contribution >= 0.6 is 11.8 Å². The van der Waals surface area contributed by atoms with E-state index in [0.717, 1.165) is 0 Å². The van der Waals surface area contributed by atoms with Gasteiger partial charge in [0.05, 0.1) is 12.3 Å². The van der Waals surface area contributed by atoms with Crippen LogP contribution in [0.3, 0.4) is 0 Å². The molecule has 0 aliphatic carbocycles. The summed E-state index contributed by atoms with van der Waals surface area (Å²) in [6.45, 7) is -0.946. The zero-order valence-electron chi connectivity index (χ0n) is 6.45. The summed E-state index contributed by atoms with van der Waals surface area (Å²) in [5.41, 5.74) is 0. The van der Waals surface area contributed by atoms with Gasteiger partial charge < -0.3 is 0 Å². The number of amides is 1. The van der Waals surface area contributed by atoms with Gasteiger partial charge in [0.15, 0.2) is 0 Å². The average Bonchev–Trinajstić information content (AvgIpc) is 1.95. The van der Waals surface area contributed by atoms with E-state index in [0.29, 0.717) is 0 Å². The molecule has 84 valence electrons. The molecule has 5 nitrogen and oxygen atoms in total. The van der Waals surface area contributed by atoms with E-state index >= 15 is 0 Å². The molecule has 0 radical (unpaired) electrons. The molecular formula is C4H5ClF3NO4S. The highest BCUT2D eigenvalue weighted by molar-refractivity contribution is 7.85. The normalized spacial score (nSPS) is 12.6. The number of nitrogens with zero attached hydrogens (tertiary/aromatic N) is 1. The van der Waals surface area contributed by atoms with Gasteiger partial charge in [0, 0.05) is 11.8 Å². The minimum Gasteiger partial charge on any atom is -0.285 e. The Morgan fingerprint density at radius 3 is 2.14 bits per heavy atom. The second-order valence-corrected chi connectivity index (χ2v) is 4.15. The van der Waals surface area contributed by atoms with Crippen LogP contribution in [0.1, 0.15) is 0 Å². The van der Waals surface area contributed by atoms with Gasteiger partial charge in [0.2, 0.25) is 0 Å². The lowest BCUT2D eigenvalue weighted by molar-refractivity contribution is -0.180. The first-order chi connectivity index (χ1) is 6.04. The zero-order valence-corrected chi connectivity index (χ0v) is 8.03. The molecular weight excluding hydrogens is 251 g/mol. The minimum absolute atomic E-state index is 0.353. The van der Waals surface area contributed by atoms with Crippen LogP contribution in [0.25, 0.3) is 0 Å². The Balaban J connectivity index is 4.24. The number of hydrogen-bond donors (Lipinski definition) is 1. The molecule has 0 bridgehead atoms. The van der Waals surface area contributed by atoms with Gasteiger partial charge in [-0.05, 0) is 0 Å². The predicted molar refractivity (Wildman–Crippen MR) is 40.0 cm³/mol. The summed E-state index contributed by atoms with van der Waals surface area (Å²) in [6.07, 6.45) is -5.17. The number of carbonyl (C=O) groups is 1. The molecule has 0 saturated heterocycles. The van der Waals surface area contributed by atoms with Crippen LogP contribution in [0.15, 0.2) is 0 Å². The monoisotopic (exact) mass is 255 g/mol. The van der Waals surface area contributed by atoms with Gasteiger partial charge in [0.25, 0.3) is 10.1 Å². The number of halogens is 4. The fourth-order valence-corrected chi connectivity index (χ4v) is 1.13. The Bertz CT molecular complexity index is 313. The second-order valence-electron chi connectivity index (χ2n) is 2.17. The third-order valence-electron chi connectivity index (χ3n) is 1.01. The predicted octanol–water partition coefficient (Wildman–Crippen LogP) is 0.419. The van der Waals surface area contributed by atoms with E-state index in [-0.39, 0.29) is 4.42 Å². The van der Waals surface area contributed by atoms with Gasteiger partial charge >= 0.3 is 12.1 Å². The molecule has 0 aliphatic heterocycles. The molecule has 0 spiro atoms. The molecule has 0 aromatic carbocycles. The van der Waals surface area contributed by atoms with Crippen molar-refractivity contribution in [2.75, 3.05) is 12.3 Å². The van der Waals surface area contributed by atoms with Crippen molar-refractivity contribution in [3.8, 4) is 0 Å². The standard InChI is InChI=1S/C4H5ClF3NO4S/c5-9(1-2-14(11,12)13)3(10)4(6,7)8/h1-2H2,(H,11,12,13). The van der Waals surface area contributed by atoms with E-state index in [1.807, 2.05) is 0 Å². The van der Waals surface area contributed by atoms with Gasteiger partial charge in [-0.2, -0.15) is 21.6 Å². The topological polar surface area (TPSA) is 74.7 Å². The van der Waals surface area contributed by atoms with Crippen LogP contribution < -0.4 is 0 Å². The van der Waals surface area contributed by atoms with Crippen LogP contribution in [-0.4, -0.2) is 41.8 Å². The van der Waals surface area contributed by atoms with Crippen molar-refractivity contribution in [1.29, 1.82) is 0 Å². The van der Waals surface area contributed by atoms with Crippen LogP contribution in [0.4, 0.5) is 13.2 Å². The number of carbonyl (C=O) groups excluding carboxylic acids is 1. The van der Waals surface area contributed by atoms with E-state index in [1.165, 1.54) is 0 Å². The second kappa shape index (κ2) is 4.32. The third kappa shape index (κ3) is 5.25. The summed E-state index contributed by atoms with van der Waals surface area (Å²) in [4.78, 5) is 10.3. The van der Waals surface area contributed by atoms with Gasteiger partial charge in [-0.15, -0.1) is 0 Å². The molecule has 1 N–H and O–H groups in total. The van der Waals surface area contributed by atoms with Crippen molar-refractivity contribution in [2.24, 2.45) is 0 Å². The lowest BCUT2D eigenvalue weighted by Gasteiger charge is -2.14. The average molecular weight is 256 g/mol. The largest absolute Gasteiger partial charge is 0.472 e. The molecule has 0 unspecified atom stereocenters. The van der Waals surface area contributed by atoms with E-state index in [9.17, 15) is 26.4 Å². The number of hydrogen-bond acceptors (Lipinski definition) is 3. The third-order valence-corrected chi connectivity index (χ3v) is 2.03. The van der Waals surface area contributed by atoms with Crippen molar-refractivity contribution >= 4 is 27.8 Å². The van der Waals surface area contributed by atoms with Crippen molar-refractivity contribution in [2.45, 2.75) is 6.18 Å². The van der Waals surface area contributed by atoms with Crippen molar-refractivity contribution in [3.05, 3.63) is 0 Å². The molecule has 0 aliphatic rings. The molecule has 0 aromatic heterocycles. The van der Waals surface area contributed by atoms with Crippen molar-refractivity contribution in [3.63, 3.8) is 0 Å². The highest BCUT2D eigenvalue weighted by atomic mass is 35.5. The highest BCUT2D eigenvalue weighted by Crippen LogP contribution is 2.19. The Morgan fingerprint density at radius 1 is 1.43 bits per heavy atom. The molecule has 0 atom stereocenters. The minimum atomic E-state index is -5.17. The lowest BCUT2D eigenvalue weighted by atomic mass is 10.5. The summed E-state index contributed by atoms with van der Waals surface area (Å²) in [5.74, 6) is -3.44. The van der Waals surface area contributed by atoms with Gasteiger partial charge in [-0.25, -0.2) is 4.42 Å². The molecule has 0 rings (SSSR count). The molecule has 0 fully saturated rings. The number of rotatable bonds is 3. The Labute approximate surface area is 82.3 Å². The van der Waals surface area contributed by atoms with Crippen LogP contribution in [0, 0.1) is 0 Å². The Hall–Kier alpha value is -0.540. The van der Waals surface area contributed by atoms with E-state index in [4.69, 9.17) is 16.3 Å². The van der Waals surface area contributed by atoms with Crippen LogP contribution in [-0.2, 0) is 14.9 Å². The molecule has 10 heteroatoms. The van der Waals surface area contributed by atoms with Crippen LogP contribution in [0.5, 0.6) is 0 Å². The Morgan fingerprint density at radius 2 is 1.86 bits per heavy atom. The van der Waals surface area contributed by atoms with Crippen molar-refractivity contribution in [1.82, 2.24) is 4.42 Å². The molecule has 0 aromatic rings. The first kappa shape index (κ1) is 13.5.